The molecule has 0 bridgehead atoms. The first-order valence-electron chi connectivity index (χ1n) is 5.99. The fraction of sp³-hybridized carbons (Fsp3) is 0.571. The molecule has 0 radical (unpaired) electrons. The molecule has 1 unspecified atom stereocenters. The fourth-order valence-corrected chi connectivity index (χ4v) is 2.73. The molecule has 1 atom stereocenters. The Balaban J connectivity index is 1.66. The van der Waals surface area contributed by atoms with Gasteiger partial charge in [-0.25, -0.2) is 0 Å². The summed E-state index contributed by atoms with van der Waals surface area (Å²) in [5.41, 5.74) is 1.80. The van der Waals surface area contributed by atoms with Crippen LogP contribution in [0.2, 0.25) is 0 Å². The Morgan fingerprint density at radius 1 is 1.31 bits per heavy atom. The Morgan fingerprint density at radius 3 is 2.56 bits per heavy atom. The van der Waals surface area contributed by atoms with Crippen LogP contribution in [0.25, 0.3) is 0 Å². The average Bonchev–Trinajstić information content (AvgIpc) is 3.07. The second-order valence-corrected chi connectivity index (χ2v) is 6.14. The summed E-state index contributed by atoms with van der Waals surface area (Å²) in [6.07, 6.45) is 3.90. The SMILES string of the molecule is CC(Br)C1(CCOCc2ccccc2)CC1. The van der Waals surface area contributed by atoms with Crippen molar-refractivity contribution in [1.29, 1.82) is 0 Å². The lowest BCUT2D eigenvalue weighted by atomic mass is 10.00. The Hall–Kier alpha value is -0.340. The minimum atomic E-state index is 0.538. The van der Waals surface area contributed by atoms with Crippen molar-refractivity contribution < 1.29 is 4.74 Å². The van der Waals surface area contributed by atoms with E-state index in [-0.39, 0.29) is 0 Å². The number of alkyl halides is 1. The van der Waals surface area contributed by atoms with Gasteiger partial charge in [0.05, 0.1) is 6.61 Å². The Morgan fingerprint density at radius 2 is 2.00 bits per heavy atom. The van der Waals surface area contributed by atoms with Gasteiger partial charge in [-0.15, -0.1) is 0 Å². The summed E-state index contributed by atoms with van der Waals surface area (Å²) in [5, 5.41) is 0. The normalized spacial score (nSPS) is 19.4. The maximum Gasteiger partial charge on any atom is 0.0716 e. The molecule has 0 spiro atoms. The van der Waals surface area contributed by atoms with E-state index in [9.17, 15) is 0 Å². The van der Waals surface area contributed by atoms with Crippen LogP contribution in [0.3, 0.4) is 0 Å². The maximum atomic E-state index is 5.72. The molecule has 16 heavy (non-hydrogen) atoms. The molecule has 1 aromatic carbocycles. The quantitative estimate of drug-likeness (QED) is 0.562. The number of hydrogen-bond acceptors (Lipinski definition) is 1. The molecule has 88 valence electrons. The summed E-state index contributed by atoms with van der Waals surface area (Å²) < 4.78 is 5.72. The van der Waals surface area contributed by atoms with E-state index in [4.69, 9.17) is 4.74 Å². The van der Waals surface area contributed by atoms with Crippen molar-refractivity contribution in [2.45, 2.75) is 37.6 Å². The van der Waals surface area contributed by atoms with Crippen molar-refractivity contribution in [3.63, 3.8) is 0 Å². The zero-order chi connectivity index (χ0) is 11.4. The first-order chi connectivity index (χ1) is 7.73. The van der Waals surface area contributed by atoms with Crippen LogP contribution in [0.4, 0.5) is 0 Å². The molecule has 0 aromatic heterocycles. The van der Waals surface area contributed by atoms with Crippen LogP contribution in [0.15, 0.2) is 30.3 Å². The van der Waals surface area contributed by atoms with Gasteiger partial charge in [0.25, 0.3) is 0 Å². The van der Waals surface area contributed by atoms with Crippen LogP contribution in [-0.2, 0) is 11.3 Å². The Labute approximate surface area is 106 Å². The smallest absolute Gasteiger partial charge is 0.0716 e. The Kier molecular flexibility index (Phi) is 4.04. The molecule has 1 aromatic rings. The van der Waals surface area contributed by atoms with Gasteiger partial charge in [0.1, 0.15) is 0 Å². The molecule has 0 saturated heterocycles. The minimum absolute atomic E-state index is 0.538. The van der Waals surface area contributed by atoms with E-state index in [2.05, 4.69) is 47.1 Å². The monoisotopic (exact) mass is 282 g/mol. The lowest BCUT2D eigenvalue weighted by Gasteiger charge is -2.17. The van der Waals surface area contributed by atoms with E-state index in [1.54, 1.807) is 0 Å². The highest BCUT2D eigenvalue weighted by atomic mass is 79.9. The van der Waals surface area contributed by atoms with Crippen LogP contribution >= 0.6 is 15.9 Å². The number of rotatable bonds is 6. The molecular formula is C14H19BrO. The van der Waals surface area contributed by atoms with E-state index in [1.807, 2.05) is 6.07 Å². The van der Waals surface area contributed by atoms with E-state index in [1.165, 1.54) is 24.8 Å². The summed E-state index contributed by atoms with van der Waals surface area (Å²) in [6, 6.07) is 10.4. The van der Waals surface area contributed by atoms with E-state index >= 15 is 0 Å². The van der Waals surface area contributed by atoms with Gasteiger partial charge in [-0.3, -0.25) is 0 Å². The topological polar surface area (TPSA) is 9.23 Å². The second-order valence-electron chi connectivity index (χ2n) is 4.77. The molecule has 1 saturated carbocycles. The van der Waals surface area contributed by atoms with Gasteiger partial charge < -0.3 is 4.74 Å². The zero-order valence-electron chi connectivity index (χ0n) is 9.79. The van der Waals surface area contributed by atoms with Crippen LogP contribution < -0.4 is 0 Å². The second kappa shape index (κ2) is 5.33. The van der Waals surface area contributed by atoms with Crippen molar-refractivity contribution in [3.05, 3.63) is 35.9 Å². The first kappa shape index (κ1) is 12.1. The van der Waals surface area contributed by atoms with Gasteiger partial charge in [-0.2, -0.15) is 0 Å². The molecule has 0 N–H and O–H groups in total. The van der Waals surface area contributed by atoms with Gasteiger partial charge in [0, 0.05) is 11.4 Å². The van der Waals surface area contributed by atoms with Gasteiger partial charge in [0.15, 0.2) is 0 Å². The van der Waals surface area contributed by atoms with Crippen LogP contribution in [0.1, 0.15) is 31.7 Å². The highest BCUT2D eigenvalue weighted by Crippen LogP contribution is 2.54. The van der Waals surface area contributed by atoms with E-state index in [0.29, 0.717) is 10.2 Å². The zero-order valence-corrected chi connectivity index (χ0v) is 11.4. The van der Waals surface area contributed by atoms with Gasteiger partial charge >= 0.3 is 0 Å². The van der Waals surface area contributed by atoms with Crippen molar-refractivity contribution in [2.75, 3.05) is 6.61 Å². The summed E-state index contributed by atoms with van der Waals surface area (Å²) >= 11 is 3.70. The molecule has 2 heteroatoms. The molecule has 1 fully saturated rings. The number of hydrogen-bond donors (Lipinski definition) is 0. The third-order valence-corrected chi connectivity index (χ3v) is 4.56. The lowest BCUT2D eigenvalue weighted by Crippen LogP contribution is -2.14. The van der Waals surface area contributed by atoms with Gasteiger partial charge in [0.2, 0.25) is 0 Å². The highest BCUT2D eigenvalue weighted by Gasteiger charge is 2.45. The predicted molar refractivity (Wildman–Crippen MR) is 70.8 cm³/mol. The molecule has 1 aliphatic carbocycles. The summed E-state index contributed by atoms with van der Waals surface area (Å²) in [4.78, 5) is 0.625. The number of benzene rings is 1. The lowest BCUT2D eigenvalue weighted by molar-refractivity contribution is 0.104. The molecule has 0 heterocycles. The average molecular weight is 283 g/mol. The van der Waals surface area contributed by atoms with E-state index in [0.717, 1.165) is 13.2 Å². The third-order valence-electron chi connectivity index (χ3n) is 3.59. The van der Waals surface area contributed by atoms with Crippen molar-refractivity contribution >= 4 is 15.9 Å². The van der Waals surface area contributed by atoms with E-state index < -0.39 is 0 Å². The minimum Gasteiger partial charge on any atom is -0.377 e. The van der Waals surface area contributed by atoms with Crippen LogP contribution in [-0.4, -0.2) is 11.4 Å². The largest absolute Gasteiger partial charge is 0.377 e. The van der Waals surface area contributed by atoms with Crippen LogP contribution in [0.5, 0.6) is 0 Å². The fourth-order valence-electron chi connectivity index (χ4n) is 2.05. The summed E-state index contributed by atoms with van der Waals surface area (Å²) in [7, 11) is 0. The third kappa shape index (κ3) is 3.08. The molecular weight excluding hydrogens is 264 g/mol. The molecule has 0 amide bonds. The van der Waals surface area contributed by atoms with Crippen molar-refractivity contribution in [1.82, 2.24) is 0 Å². The first-order valence-corrected chi connectivity index (χ1v) is 6.90. The summed E-state index contributed by atoms with van der Waals surface area (Å²) in [6.45, 7) is 3.88. The molecule has 1 aliphatic rings. The number of halogens is 1. The molecule has 0 aliphatic heterocycles. The van der Waals surface area contributed by atoms with Gasteiger partial charge in [-0.1, -0.05) is 53.2 Å². The maximum absolute atomic E-state index is 5.72. The van der Waals surface area contributed by atoms with Gasteiger partial charge in [-0.05, 0) is 30.2 Å². The van der Waals surface area contributed by atoms with Crippen molar-refractivity contribution in [2.24, 2.45) is 5.41 Å². The molecule has 1 nitrogen and oxygen atoms in total. The molecule has 2 rings (SSSR count). The van der Waals surface area contributed by atoms with Crippen LogP contribution in [0, 0.1) is 5.41 Å². The van der Waals surface area contributed by atoms with Crippen molar-refractivity contribution in [3.8, 4) is 0 Å². The number of ether oxygens (including phenoxy) is 1. The standard InChI is InChI=1S/C14H19BrO/c1-12(15)14(7-8-14)9-10-16-11-13-5-3-2-4-6-13/h2-6,12H,7-11H2,1H3. The summed E-state index contributed by atoms with van der Waals surface area (Å²) in [5.74, 6) is 0. The highest BCUT2D eigenvalue weighted by molar-refractivity contribution is 9.09. The predicted octanol–water partition coefficient (Wildman–Crippen LogP) is 4.16. The Bertz CT molecular complexity index is 317.